The van der Waals surface area contributed by atoms with Crippen molar-refractivity contribution in [2.24, 2.45) is 5.73 Å². The predicted octanol–water partition coefficient (Wildman–Crippen LogP) is 0.883. The van der Waals surface area contributed by atoms with Gasteiger partial charge in [0.2, 0.25) is 0 Å². The van der Waals surface area contributed by atoms with Crippen LogP contribution in [0.25, 0.3) is 0 Å². The highest BCUT2D eigenvalue weighted by molar-refractivity contribution is 5.65. The fourth-order valence-corrected chi connectivity index (χ4v) is 1.66. The minimum atomic E-state index is -0.883. The van der Waals surface area contributed by atoms with E-state index in [1.165, 1.54) is 4.90 Å². The Morgan fingerprint density at radius 2 is 2.40 bits per heavy atom. The molecule has 1 aliphatic heterocycles. The Bertz CT molecular complexity index is 211. The molecule has 0 unspecified atom stereocenters. The fourth-order valence-electron chi connectivity index (χ4n) is 1.66. The van der Waals surface area contributed by atoms with E-state index >= 15 is 0 Å². The summed E-state index contributed by atoms with van der Waals surface area (Å²) in [5.74, 6) is 0. The van der Waals surface area contributed by atoms with Crippen LogP contribution in [0.4, 0.5) is 4.79 Å². The smallest absolute Gasteiger partial charge is 0.407 e. The summed E-state index contributed by atoms with van der Waals surface area (Å²) < 4.78 is 5.59. The maximum Gasteiger partial charge on any atom is 0.407 e. The number of amides is 1. The summed E-state index contributed by atoms with van der Waals surface area (Å²) in [6.07, 6.45) is 1.73. The second-order valence-electron chi connectivity index (χ2n) is 3.94. The highest BCUT2D eigenvalue weighted by atomic mass is 16.5. The number of ether oxygens (including phenoxy) is 1. The lowest BCUT2D eigenvalue weighted by Crippen LogP contribution is -2.53. The lowest BCUT2D eigenvalue weighted by Gasteiger charge is -2.35. The van der Waals surface area contributed by atoms with Gasteiger partial charge in [-0.2, -0.15) is 0 Å². The highest BCUT2D eigenvalue weighted by Crippen LogP contribution is 2.13. The monoisotopic (exact) mass is 216 g/mol. The van der Waals surface area contributed by atoms with Crippen LogP contribution in [0.3, 0.4) is 0 Å². The first-order valence-corrected chi connectivity index (χ1v) is 5.50. The zero-order chi connectivity index (χ0) is 11.3. The normalized spacial score (nSPS) is 26.7. The summed E-state index contributed by atoms with van der Waals surface area (Å²) in [7, 11) is 0. The van der Waals surface area contributed by atoms with Crippen LogP contribution in [0, 0.1) is 0 Å². The van der Waals surface area contributed by atoms with Crippen molar-refractivity contribution in [2.45, 2.75) is 38.3 Å². The van der Waals surface area contributed by atoms with Crippen LogP contribution in [-0.4, -0.2) is 47.9 Å². The molecule has 3 N–H and O–H groups in total. The minimum absolute atomic E-state index is 0.0301. The van der Waals surface area contributed by atoms with E-state index in [9.17, 15) is 4.79 Å². The van der Waals surface area contributed by atoms with Crippen molar-refractivity contribution in [1.82, 2.24) is 4.90 Å². The van der Waals surface area contributed by atoms with Gasteiger partial charge in [-0.3, -0.25) is 0 Å². The van der Waals surface area contributed by atoms with E-state index in [-0.39, 0.29) is 12.1 Å². The Morgan fingerprint density at radius 3 is 3.00 bits per heavy atom. The number of piperidine rings is 1. The maximum atomic E-state index is 10.8. The first-order chi connectivity index (χ1) is 7.15. The van der Waals surface area contributed by atoms with Crippen LogP contribution in [0.15, 0.2) is 0 Å². The molecule has 1 heterocycles. The molecule has 2 atom stereocenters. The van der Waals surface area contributed by atoms with Crippen LogP contribution < -0.4 is 5.73 Å². The molecule has 1 aliphatic rings. The van der Waals surface area contributed by atoms with Gasteiger partial charge in [-0.05, 0) is 12.8 Å². The van der Waals surface area contributed by atoms with Crippen molar-refractivity contribution in [3.05, 3.63) is 0 Å². The molecule has 88 valence electrons. The first-order valence-electron chi connectivity index (χ1n) is 5.50. The molecule has 0 bridgehead atoms. The molecule has 0 radical (unpaired) electrons. The molecule has 5 heteroatoms. The number of hydrogen-bond donors (Lipinski definition) is 2. The Balaban J connectivity index is 2.36. The molecule has 1 fully saturated rings. The second-order valence-corrected chi connectivity index (χ2v) is 3.94. The fraction of sp³-hybridized carbons (Fsp3) is 0.900. The average Bonchev–Trinajstić information content (AvgIpc) is 2.20. The van der Waals surface area contributed by atoms with E-state index in [0.717, 1.165) is 12.8 Å². The lowest BCUT2D eigenvalue weighted by molar-refractivity contribution is -0.00983. The molecule has 0 spiro atoms. The quantitative estimate of drug-likeness (QED) is 0.684. The maximum absolute atomic E-state index is 10.8. The van der Waals surface area contributed by atoms with Crippen molar-refractivity contribution in [1.29, 1.82) is 0 Å². The minimum Gasteiger partial charge on any atom is -0.465 e. The summed E-state index contributed by atoms with van der Waals surface area (Å²) in [6, 6.07) is -0.0301. The third kappa shape index (κ3) is 3.68. The molecule has 0 aromatic heterocycles. The number of nitrogens with two attached hydrogens (primary N) is 1. The third-order valence-corrected chi connectivity index (χ3v) is 2.71. The summed E-state index contributed by atoms with van der Waals surface area (Å²) in [5, 5.41) is 8.84. The van der Waals surface area contributed by atoms with Crippen LogP contribution in [-0.2, 0) is 4.74 Å². The van der Waals surface area contributed by atoms with E-state index in [2.05, 4.69) is 6.92 Å². The molecule has 0 saturated carbocycles. The van der Waals surface area contributed by atoms with Gasteiger partial charge >= 0.3 is 6.09 Å². The number of rotatable bonds is 4. The van der Waals surface area contributed by atoms with Crippen molar-refractivity contribution in [3.8, 4) is 0 Å². The summed E-state index contributed by atoms with van der Waals surface area (Å²) >= 11 is 0. The molecule has 0 aliphatic carbocycles. The number of carbonyl (C=O) groups is 1. The molecule has 1 saturated heterocycles. The van der Waals surface area contributed by atoms with Gasteiger partial charge in [0.25, 0.3) is 0 Å². The van der Waals surface area contributed by atoms with E-state index < -0.39 is 6.09 Å². The zero-order valence-electron chi connectivity index (χ0n) is 9.19. The van der Waals surface area contributed by atoms with Crippen molar-refractivity contribution in [2.75, 3.05) is 19.7 Å². The zero-order valence-corrected chi connectivity index (χ0v) is 9.19. The summed E-state index contributed by atoms with van der Waals surface area (Å²) in [6.45, 7) is 3.68. The molecular formula is C10H20N2O3. The van der Waals surface area contributed by atoms with E-state index in [1.807, 2.05) is 0 Å². The van der Waals surface area contributed by atoms with Crippen LogP contribution in [0.2, 0.25) is 0 Å². The number of nitrogens with zero attached hydrogens (tertiary/aromatic N) is 1. The molecule has 15 heavy (non-hydrogen) atoms. The molecule has 1 amide bonds. The number of hydrogen-bond acceptors (Lipinski definition) is 3. The van der Waals surface area contributed by atoms with Gasteiger partial charge in [-0.25, -0.2) is 4.79 Å². The molecular weight excluding hydrogens is 196 g/mol. The van der Waals surface area contributed by atoms with Gasteiger partial charge in [0, 0.05) is 19.2 Å². The largest absolute Gasteiger partial charge is 0.465 e. The summed E-state index contributed by atoms with van der Waals surface area (Å²) in [5.41, 5.74) is 5.88. The third-order valence-electron chi connectivity index (χ3n) is 2.71. The van der Waals surface area contributed by atoms with E-state index in [4.69, 9.17) is 15.6 Å². The molecule has 5 nitrogen and oxygen atoms in total. The second kappa shape index (κ2) is 5.92. The van der Waals surface area contributed by atoms with Gasteiger partial charge in [-0.15, -0.1) is 0 Å². The Kier molecular flexibility index (Phi) is 4.84. The van der Waals surface area contributed by atoms with Crippen molar-refractivity contribution >= 4 is 6.09 Å². The van der Waals surface area contributed by atoms with Gasteiger partial charge in [0.1, 0.15) is 0 Å². The van der Waals surface area contributed by atoms with Crippen LogP contribution >= 0.6 is 0 Å². The van der Waals surface area contributed by atoms with Gasteiger partial charge in [0.15, 0.2) is 0 Å². The lowest BCUT2D eigenvalue weighted by atomic mass is 10.0. The van der Waals surface area contributed by atoms with Gasteiger partial charge in [0.05, 0.1) is 12.6 Å². The van der Waals surface area contributed by atoms with Crippen molar-refractivity contribution in [3.63, 3.8) is 0 Å². The number of unbranched alkanes of at least 4 members (excludes halogenated alkanes) is 1. The number of likely N-dealkylation sites (tertiary alicyclic amines) is 1. The Hall–Kier alpha value is -0.810. The first kappa shape index (κ1) is 12.3. The van der Waals surface area contributed by atoms with Crippen LogP contribution in [0.5, 0.6) is 0 Å². The van der Waals surface area contributed by atoms with Gasteiger partial charge < -0.3 is 20.5 Å². The van der Waals surface area contributed by atoms with E-state index in [1.54, 1.807) is 0 Å². The topological polar surface area (TPSA) is 75.8 Å². The van der Waals surface area contributed by atoms with E-state index in [0.29, 0.717) is 26.1 Å². The highest BCUT2D eigenvalue weighted by Gasteiger charge is 2.29. The molecule has 0 aromatic rings. The van der Waals surface area contributed by atoms with Crippen LogP contribution in [0.1, 0.15) is 26.2 Å². The average molecular weight is 216 g/mol. The van der Waals surface area contributed by atoms with Crippen molar-refractivity contribution < 1.29 is 14.6 Å². The van der Waals surface area contributed by atoms with Gasteiger partial charge in [-0.1, -0.05) is 13.3 Å². The SMILES string of the molecule is CCCCO[C@@H]1CN(C(=O)O)CC[C@@H]1N. The molecule has 1 rings (SSSR count). The Morgan fingerprint density at radius 1 is 1.67 bits per heavy atom. The molecule has 0 aromatic carbocycles. The predicted molar refractivity (Wildman–Crippen MR) is 56.8 cm³/mol. The number of carboxylic acid groups (broad SMARTS) is 1. The summed E-state index contributed by atoms with van der Waals surface area (Å²) in [4.78, 5) is 12.1. The standard InChI is InChI=1S/C10H20N2O3/c1-2-3-6-15-9-7-12(10(13)14)5-4-8(9)11/h8-9H,2-7,11H2,1H3,(H,13,14)/t8-,9+/m0/s1. The Labute approximate surface area is 90.2 Å².